The van der Waals surface area contributed by atoms with E-state index >= 15 is 0 Å². The molecule has 2 aliphatic heterocycles. The number of rotatable bonds is 15. The summed E-state index contributed by atoms with van der Waals surface area (Å²) >= 11 is 0. The van der Waals surface area contributed by atoms with E-state index in [0.717, 1.165) is 76.7 Å². The van der Waals surface area contributed by atoms with Crippen LogP contribution in [0.5, 0.6) is 11.5 Å². The molecular weight excluding hydrogens is 721 g/mol. The van der Waals surface area contributed by atoms with Crippen molar-refractivity contribution in [3.05, 3.63) is 118 Å². The van der Waals surface area contributed by atoms with Gasteiger partial charge in [0.25, 0.3) is 0 Å². The molecule has 0 radical (unpaired) electrons. The molecule has 290 valence electrons. The fourth-order valence-electron chi connectivity index (χ4n) is 7.22. The second kappa shape index (κ2) is 17.3. The van der Waals surface area contributed by atoms with Crippen molar-refractivity contribution in [2.75, 3.05) is 19.8 Å². The van der Waals surface area contributed by atoms with Crippen LogP contribution in [-0.4, -0.2) is 59.8 Å². The Labute approximate surface area is 322 Å². The molecule has 0 N–H and O–H groups in total. The summed E-state index contributed by atoms with van der Waals surface area (Å²) in [5.74, 6) is 0.203. The minimum Gasteiger partial charge on any atom is -0.489 e. The van der Waals surface area contributed by atoms with Crippen LogP contribution >= 0.6 is 0 Å². The average Bonchev–Trinajstić information content (AvgIpc) is 3.61. The summed E-state index contributed by atoms with van der Waals surface area (Å²) in [4.78, 5) is 13.1. The second-order valence-electron chi connectivity index (χ2n) is 14.1. The van der Waals surface area contributed by atoms with Crippen LogP contribution in [0.25, 0.3) is 11.0 Å². The lowest BCUT2D eigenvalue weighted by Gasteiger charge is -2.29. The number of aryl methyl sites for hydroxylation is 3. The van der Waals surface area contributed by atoms with Crippen LogP contribution in [0, 0.1) is 13.8 Å². The molecule has 4 aromatic carbocycles. The van der Waals surface area contributed by atoms with Crippen molar-refractivity contribution < 1.29 is 36.3 Å². The van der Waals surface area contributed by atoms with Gasteiger partial charge in [-0.3, -0.25) is 4.79 Å². The van der Waals surface area contributed by atoms with E-state index in [1.165, 1.54) is 4.31 Å². The Balaban J connectivity index is 1.11. The third-order valence-electron chi connectivity index (χ3n) is 10.3. The largest absolute Gasteiger partial charge is 0.489 e. The van der Waals surface area contributed by atoms with Crippen molar-refractivity contribution in [3.8, 4) is 11.5 Å². The normalized spacial score (nSPS) is 17.3. The fraction of sp³-hybridized carbons (Fsp3) is 0.405. The number of esters is 1. The molecule has 0 aliphatic carbocycles. The van der Waals surface area contributed by atoms with Gasteiger partial charge in [0.2, 0.25) is 0 Å². The van der Waals surface area contributed by atoms with Gasteiger partial charge in [0.1, 0.15) is 23.6 Å². The van der Waals surface area contributed by atoms with E-state index in [0.29, 0.717) is 31.1 Å². The smallest absolute Gasteiger partial charge is 0.385 e. The summed E-state index contributed by atoms with van der Waals surface area (Å²) in [5, 5.41) is 9.01. The van der Waals surface area contributed by atoms with Gasteiger partial charge in [-0.1, -0.05) is 59.8 Å². The molecular formula is C42H48N4O8S. The lowest BCUT2D eigenvalue weighted by Crippen LogP contribution is -2.37. The molecule has 1 aromatic heterocycles. The molecule has 2 aliphatic rings. The number of fused-ring (bicyclic) bond motifs is 2. The van der Waals surface area contributed by atoms with Gasteiger partial charge in [0, 0.05) is 37.7 Å². The predicted molar refractivity (Wildman–Crippen MR) is 207 cm³/mol. The maximum absolute atomic E-state index is 13.4. The summed E-state index contributed by atoms with van der Waals surface area (Å²) in [6, 6.07) is 25.0. The van der Waals surface area contributed by atoms with E-state index in [2.05, 4.69) is 10.3 Å². The van der Waals surface area contributed by atoms with Crippen LogP contribution in [0.15, 0.2) is 78.9 Å². The number of hydrogen-bond acceptors (Lipinski definition) is 10. The van der Waals surface area contributed by atoms with Crippen molar-refractivity contribution in [2.24, 2.45) is 0 Å². The van der Waals surface area contributed by atoms with Crippen molar-refractivity contribution in [2.45, 2.75) is 91.3 Å². The highest BCUT2D eigenvalue weighted by Crippen LogP contribution is 2.37. The number of aromatic nitrogens is 3. The Morgan fingerprint density at radius 3 is 2.67 bits per heavy atom. The van der Waals surface area contributed by atoms with E-state index in [1.54, 1.807) is 19.1 Å². The van der Waals surface area contributed by atoms with E-state index in [4.69, 9.17) is 23.1 Å². The van der Waals surface area contributed by atoms with Crippen molar-refractivity contribution in [1.82, 2.24) is 19.3 Å². The summed E-state index contributed by atoms with van der Waals surface area (Å²) in [6.45, 7) is 8.54. The molecule has 1 saturated heterocycles. The molecule has 0 amide bonds. The molecule has 0 saturated carbocycles. The van der Waals surface area contributed by atoms with E-state index in [1.807, 2.05) is 85.3 Å². The van der Waals surface area contributed by atoms with Crippen LogP contribution in [0.2, 0.25) is 0 Å². The zero-order valence-electron chi connectivity index (χ0n) is 31.6. The first kappa shape index (κ1) is 38.5. The lowest BCUT2D eigenvalue weighted by molar-refractivity contribution is -0.163. The molecule has 5 aromatic rings. The van der Waals surface area contributed by atoms with E-state index in [9.17, 15) is 13.2 Å². The average molecular weight is 769 g/mol. The Morgan fingerprint density at radius 1 is 1.02 bits per heavy atom. The van der Waals surface area contributed by atoms with Crippen LogP contribution in [0.1, 0.15) is 83.9 Å². The minimum atomic E-state index is -4.09. The molecule has 1 fully saturated rings. The van der Waals surface area contributed by atoms with Crippen molar-refractivity contribution in [3.63, 3.8) is 0 Å². The molecule has 0 spiro atoms. The van der Waals surface area contributed by atoms with Gasteiger partial charge >= 0.3 is 16.3 Å². The number of benzene rings is 4. The maximum atomic E-state index is 13.4. The number of nitrogens with zero attached hydrogens (tertiary/aromatic N) is 4. The number of carbonyl (C=O) groups is 1. The quantitative estimate of drug-likeness (QED) is 0.0791. The summed E-state index contributed by atoms with van der Waals surface area (Å²) in [7, 11) is -4.09. The molecule has 3 heterocycles. The van der Waals surface area contributed by atoms with Crippen LogP contribution in [-0.2, 0) is 55.6 Å². The molecule has 0 bridgehead atoms. The topological polar surface area (TPSA) is 131 Å². The first-order valence-corrected chi connectivity index (χ1v) is 20.3. The fourth-order valence-corrected chi connectivity index (χ4v) is 8.31. The predicted octanol–water partition coefficient (Wildman–Crippen LogP) is 7.28. The number of carbonyl (C=O) groups excluding carboxylic acids is 1. The zero-order chi connectivity index (χ0) is 38.4. The standard InChI is InChI=1S/C42H48N4O8S/c1-4-50-40(47)25-37(36-17-18-38-42(30(36)3)43-44-46(38)20-10-22-52-41-13-8-9-21-51-41)32-15-14-29(2)33(23-32)26-45-27-34-24-35(16-19-39(34)54-55(45,48)49)53-28-31-11-6-5-7-12-31/h5-7,11-12,14-19,23-24,37,41H,4,8-10,13,20-22,25-28H2,1-3H3. The molecule has 13 heteroatoms. The van der Waals surface area contributed by atoms with Gasteiger partial charge in [-0.05, 0) is 104 Å². The van der Waals surface area contributed by atoms with Gasteiger partial charge < -0.3 is 23.1 Å². The maximum Gasteiger partial charge on any atom is 0.385 e. The van der Waals surface area contributed by atoms with Crippen LogP contribution in [0.4, 0.5) is 0 Å². The molecule has 2 atom stereocenters. The Hall–Kier alpha value is -4.82. The highest BCUT2D eigenvalue weighted by Gasteiger charge is 2.33. The van der Waals surface area contributed by atoms with Gasteiger partial charge in [-0.2, -0.15) is 12.7 Å². The summed E-state index contributed by atoms with van der Waals surface area (Å²) in [6.07, 6.45) is 3.87. The summed E-state index contributed by atoms with van der Waals surface area (Å²) in [5.41, 5.74) is 7.80. The zero-order valence-corrected chi connectivity index (χ0v) is 32.4. The molecule has 7 rings (SSSR count). The third-order valence-corrected chi connectivity index (χ3v) is 11.5. The van der Waals surface area contributed by atoms with Crippen molar-refractivity contribution in [1.29, 1.82) is 0 Å². The molecule has 12 nitrogen and oxygen atoms in total. The highest BCUT2D eigenvalue weighted by atomic mass is 32.2. The highest BCUT2D eigenvalue weighted by molar-refractivity contribution is 7.84. The van der Waals surface area contributed by atoms with Gasteiger partial charge in [-0.25, -0.2) is 4.68 Å². The molecule has 55 heavy (non-hydrogen) atoms. The Kier molecular flexibility index (Phi) is 12.1. The molecule has 2 unspecified atom stereocenters. The summed E-state index contributed by atoms with van der Waals surface area (Å²) < 4.78 is 58.7. The SMILES string of the molecule is CCOC(=O)CC(c1ccc(C)c(CN2Cc3cc(OCc4ccccc4)ccc3OS2(=O)=O)c1)c1ccc2c(nnn2CCCOC2CCCCO2)c1C. The minimum absolute atomic E-state index is 0.0750. The Bertz CT molecular complexity index is 2220. The monoisotopic (exact) mass is 768 g/mol. The lowest BCUT2D eigenvalue weighted by atomic mass is 9.84. The van der Waals surface area contributed by atoms with E-state index < -0.39 is 10.3 Å². The number of hydrogen-bond donors (Lipinski definition) is 0. The Morgan fingerprint density at radius 2 is 1.87 bits per heavy atom. The number of ether oxygens (including phenoxy) is 4. The van der Waals surface area contributed by atoms with Gasteiger partial charge in [0.05, 0.1) is 25.2 Å². The second-order valence-corrected chi connectivity index (χ2v) is 15.6. The van der Waals surface area contributed by atoms with Crippen LogP contribution in [0.3, 0.4) is 0 Å². The third kappa shape index (κ3) is 9.18. The van der Waals surface area contributed by atoms with Gasteiger partial charge in [-0.15, -0.1) is 5.10 Å². The first-order chi connectivity index (χ1) is 26.7. The van der Waals surface area contributed by atoms with Crippen LogP contribution < -0.4 is 8.92 Å². The van der Waals surface area contributed by atoms with Gasteiger partial charge in [0.15, 0.2) is 6.29 Å². The van der Waals surface area contributed by atoms with Crippen molar-refractivity contribution >= 4 is 27.3 Å². The van der Waals surface area contributed by atoms with E-state index in [-0.39, 0.29) is 50.0 Å². The first-order valence-electron chi connectivity index (χ1n) is 19.0.